The zero-order valence-electron chi connectivity index (χ0n) is 9.84. The van der Waals surface area contributed by atoms with Crippen molar-refractivity contribution >= 4 is 6.03 Å². The molecule has 0 aromatic heterocycles. The first-order valence-electron chi connectivity index (χ1n) is 5.21. The standard InChI is InChI=1S/C10H23N3O/c1-5-13(4)10(14)11-8-6-7-9-12(2)3/h5-9H2,1-4H3,(H,11,14). The zero-order valence-corrected chi connectivity index (χ0v) is 9.84. The molecule has 0 aromatic carbocycles. The molecule has 2 amide bonds. The number of rotatable bonds is 6. The maximum absolute atomic E-state index is 11.3. The van der Waals surface area contributed by atoms with Gasteiger partial charge in [0.15, 0.2) is 0 Å². The fraction of sp³-hybridized carbons (Fsp3) is 0.900. The summed E-state index contributed by atoms with van der Waals surface area (Å²) in [6.45, 7) is 4.58. The minimum absolute atomic E-state index is 0.0253. The minimum atomic E-state index is 0.0253. The van der Waals surface area contributed by atoms with Crippen molar-refractivity contribution in [1.29, 1.82) is 0 Å². The number of unbranched alkanes of at least 4 members (excludes halogenated alkanes) is 1. The second-order valence-corrected chi connectivity index (χ2v) is 3.76. The van der Waals surface area contributed by atoms with Gasteiger partial charge < -0.3 is 15.1 Å². The Labute approximate surface area is 87.3 Å². The fourth-order valence-corrected chi connectivity index (χ4v) is 1.03. The van der Waals surface area contributed by atoms with Crippen molar-refractivity contribution in [2.45, 2.75) is 19.8 Å². The van der Waals surface area contributed by atoms with Crippen LogP contribution in [0.1, 0.15) is 19.8 Å². The van der Waals surface area contributed by atoms with Gasteiger partial charge in [0, 0.05) is 20.1 Å². The summed E-state index contributed by atoms with van der Waals surface area (Å²) >= 11 is 0. The van der Waals surface area contributed by atoms with Crippen LogP contribution in [0, 0.1) is 0 Å². The normalized spacial score (nSPS) is 10.4. The highest BCUT2D eigenvalue weighted by Gasteiger charge is 2.03. The number of hydrogen-bond acceptors (Lipinski definition) is 2. The van der Waals surface area contributed by atoms with Crippen LogP contribution in [0.5, 0.6) is 0 Å². The van der Waals surface area contributed by atoms with E-state index in [1.54, 1.807) is 11.9 Å². The first kappa shape index (κ1) is 13.2. The van der Waals surface area contributed by atoms with Gasteiger partial charge in [-0.05, 0) is 40.4 Å². The summed E-state index contributed by atoms with van der Waals surface area (Å²) in [5.74, 6) is 0. The van der Waals surface area contributed by atoms with Gasteiger partial charge in [0.1, 0.15) is 0 Å². The Balaban J connectivity index is 3.32. The van der Waals surface area contributed by atoms with E-state index in [-0.39, 0.29) is 6.03 Å². The van der Waals surface area contributed by atoms with E-state index < -0.39 is 0 Å². The Morgan fingerprint density at radius 2 is 1.86 bits per heavy atom. The number of carbonyl (C=O) groups is 1. The summed E-state index contributed by atoms with van der Waals surface area (Å²) in [6, 6.07) is 0.0253. The van der Waals surface area contributed by atoms with Crippen LogP contribution in [0.4, 0.5) is 4.79 Å². The Kier molecular flexibility index (Phi) is 7.20. The van der Waals surface area contributed by atoms with Crippen LogP contribution in [0.2, 0.25) is 0 Å². The second kappa shape index (κ2) is 7.62. The SMILES string of the molecule is CCN(C)C(=O)NCCCCN(C)C. The predicted octanol–water partition coefficient (Wildman–Crippen LogP) is 0.989. The minimum Gasteiger partial charge on any atom is -0.338 e. The summed E-state index contributed by atoms with van der Waals surface area (Å²) < 4.78 is 0. The fourth-order valence-electron chi connectivity index (χ4n) is 1.03. The van der Waals surface area contributed by atoms with Crippen molar-refractivity contribution in [2.24, 2.45) is 0 Å². The number of hydrogen-bond donors (Lipinski definition) is 1. The molecule has 4 nitrogen and oxygen atoms in total. The first-order chi connectivity index (χ1) is 6.57. The van der Waals surface area contributed by atoms with E-state index >= 15 is 0 Å². The van der Waals surface area contributed by atoms with E-state index in [2.05, 4.69) is 24.3 Å². The summed E-state index contributed by atoms with van der Waals surface area (Å²) in [4.78, 5) is 15.1. The van der Waals surface area contributed by atoms with Crippen molar-refractivity contribution in [3.05, 3.63) is 0 Å². The van der Waals surface area contributed by atoms with Crippen molar-refractivity contribution in [3.8, 4) is 0 Å². The average molecular weight is 201 g/mol. The van der Waals surface area contributed by atoms with E-state index in [0.717, 1.165) is 32.5 Å². The van der Waals surface area contributed by atoms with Crippen LogP contribution in [0.3, 0.4) is 0 Å². The summed E-state index contributed by atoms with van der Waals surface area (Å²) in [5.41, 5.74) is 0. The van der Waals surface area contributed by atoms with Gasteiger partial charge in [-0.2, -0.15) is 0 Å². The molecule has 0 spiro atoms. The Bertz CT molecular complexity index is 159. The van der Waals surface area contributed by atoms with E-state index in [1.807, 2.05) is 6.92 Å². The lowest BCUT2D eigenvalue weighted by Gasteiger charge is -2.15. The molecular formula is C10H23N3O. The van der Waals surface area contributed by atoms with Crippen LogP contribution in [0.15, 0.2) is 0 Å². The predicted molar refractivity (Wildman–Crippen MR) is 59.5 cm³/mol. The lowest BCUT2D eigenvalue weighted by Crippen LogP contribution is -2.37. The first-order valence-corrected chi connectivity index (χ1v) is 5.21. The summed E-state index contributed by atoms with van der Waals surface area (Å²) in [7, 11) is 5.92. The largest absolute Gasteiger partial charge is 0.338 e. The maximum Gasteiger partial charge on any atom is 0.317 e. The Hall–Kier alpha value is -0.770. The van der Waals surface area contributed by atoms with Gasteiger partial charge in [-0.15, -0.1) is 0 Å². The van der Waals surface area contributed by atoms with Gasteiger partial charge in [-0.3, -0.25) is 0 Å². The van der Waals surface area contributed by atoms with Crippen LogP contribution >= 0.6 is 0 Å². The molecule has 0 bridgehead atoms. The molecule has 0 rings (SSSR count). The molecule has 0 aromatic rings. The summed E-state index contributed by atoms with van der Waals surface area (Å²) in [6.07, 6.45) is 2.17. The molecule has 0 saturated carbocycles. The van der Waals surface area contributed by atoms with E-state index in [9.17, 15) is 4.79 Å². The quantitative estimate of drug-likeness (QED) is 0.650. The van der Waals surface area contributed by atoms with Gasteiger partial charge >= 0.3 is 6.03 Å². The monoisotopic (exact) mass is 201 g/mol. The zero-order chi connectivity index (χ0) is 11.0. The van der Waals surface area contributed by atoms with E-state index in [0.29, 0.717) is 0 Å². The molecular weight excluding hydrogens is 178 g/mol. The number of urea groups is 1. The Morgan fingerprint density at radius 1 is 1.21 bits per heavy atom. The molecule has 4 heteroatoms. The molecule has 0 fully saturated rings. The highest BCUT2D eigenvalue weighted by atomic mass is 16.2. The molecule has 14 heavy (non-hydrogen) atoms. The van der Waals surface area contributed by atoms with Gasteiger partial charge in [-0.25, -0.2) is 4.79 Å². The van der Waals surface area contributed by atoms with Crippen LogP contribution in [-0.2, 0) is 0 Å². The van der Waals surface area contributed by atoms with Crippen molar-refractivity contribution < 1.29 is 4.79 Å². The smallest absolute Gasteiger partial charge is 0.317 e. The van der Waals surface area contributed by atoms with Crippen molar-refractivity contribution in [3.63, 3.8) is 0 Å². The van der Waals surface area contributed by atoms with Crippen LogP contribution in [0.25, 0.3) is 0 Å². The maximum atomic E-state index is 11.3. The molecule has 0 atom stereocenters. The van der Waals surface area contributed by atoms with Gasteiger partial charge in [-0.1, -0.05) is 0 Å². The number of nitrogens with zero attached hydrogens (tertiary/aromatic N) is 2. The number of nitrogens with one attached hydrogen (secondary N) is 1. The number of carbonyl (C=O) groups excluding carboxylic acids is 1. The number of amides is 2. The topological polar surface area (TPSA) is 35.6 Å². The lowest BCUT2D eigenvalue weighted by molar-refractivity contribution is 0.211. The van der Waals surface area contributed by atoms with E-state index in [1.165, 1.54) is 0 Å². The van der Waals surface area contributed by atoms with Gasteiger partial charge in [0.05, 0.1) is 0 Å². The highest BCUT2D eigenvalue weighted by Crippen LogP contribution is 1.90. The third-order valence-corrected chi connectivity index (χ3v) is 2.13. The molecule has 0 heterocycles. The van der Waals surface area contributed by atoms with Crippen LogP contribution < -0.4 is 5.32 Å². The molecule has 0 aliphatic rings. The molecule has 0 unspecified atom stereocenters. The van der Waals surface area contributed by atoms with E-state index in [4.69, 9.17) is 0 Å². The molecule has 0 saturated heterocycles. The highest BCUT2D eigenvalue weighted by molar-refractivity contribution is 5.73. The van der Waals surface area contributed by atoms with Crippen LogP contribution in [-0.4, -0.2) is 56.6 Å². The third kappa shape index (κ3) is 6.71. The molecule has 0 aliphatic carbocycles. The van der Waals surface area contributed by atoms with Crippen molar-refractivity contribution in [1.82, 2.24) is 15.1 Å². The van der Waals surface area contributed by atoms with Crippen molar-refractivity contribution in [2.75, 3.05) is 40.8 Å². The third-order valence-electron chi connectivity index (χ3n) is 2.13. The Morgan fingerprint density at radius 3 is 2.36 bits per heavy atom. The lowest BCUT2D eigenvalue weighted by atomic mass is 10.3. The molecule has 1 N–H and O–H groups in total. The van der Waals surface area contributed by atoms with Gasteiger partial charge in [0.2, 0.25) is 0 Å². The van der Waals surface area contributed by atoms with Gasteiger partial charge in [0.25, 0.3) is 0 Å². The molecule has 0 aliphatic heterocycles. The average Bonchev–Trinajstić information content (AvgIpc) is 2.15. The summed E-state index contributed by atoms with van der Waals surface area (Å²) in [5, 5.41) is 2.88. The second-order valence-electron chi connectivity index (χ2n) is 3.76. The molecule has 0 radical (unpaired) electrons. The molecule has 84 valence electrons.